The van der Waals surface area contributed by atoms with Crippen molar-refractivity contribution in [3.63, 3.8) is 0 Å². The van der Waals surface area contributed by atoms with Crippen LogP contribution in [-0.4, -0.2) is 99.5 Å². The number of hydrogen-bond acceptors (Lipinski definition) is 14. The van der Waals surface area contributed by atoms with Crippen molar-refractivity contribution in [2.75, 3.05) is 45.8 Å². The predicted octanol–water partition coefficient (Wildman–Crippen LogP) is -1.14. The van der Waals surface area contributed by atoms with Gasteiger partial charge in [0.2, 0.25) is 11.8 Å². The van der Waals surface area contributed by atoms with E-state index in [2.05, 4.69) is 25.1 Å². The number of carbonyl (C=O) groups is 2. The number of carbonyl (C=O) groups excluding carboxylic acids is 2. The maximum atomic E-state index is 13.3. The third-order valence-electron chi connectivity index (χ3n) is 5.50. The third-order valence-corrected chi connectivity index (χ3v) is 7.16. The van der Waals surface area contributed by atoms with E-state index in [1.165, 1.54) is 24.9 Å². The molecule has 2 aromatic rings. The summed E-state index contributed by atoms with van der Waals surface area (Å²) in [5.41, 5.74) is 4.28. The molecular formula is C20H32N7O10P. The van der Waals surface area contributed by atoms with E-state index in [9.17, 15) is 24.4 Å². The first-order chi connectivity index (χ1) is 18.0. The van der Waals surface area contributed by atoms with E-state index < -0.39 is 63.3 Å². The number of anilines is 1. The van der Waals surface area contributed by atoms with Gasteiger partial charge in [-0.3, -0.25) is 18.7 Å². The van der Waals surface area contributed by atoms with E-state index in [1.54, 1.807) is 13.8 Å². The van der Waals surface area contributed by atoms with Gasteiger partial charge in [0.15, 0.2) is 17.4 Å². The van der Waals surface area contributed by atoms with Crippen molar-refractivity contribution in [1.29, 1.82) is 0 Å². The van der Waals surface area contributed by atoms with E-state index >= 15 is 0 Å². The molecule has 0 aliphatic carbocycles. The molecule has 1 aliphatic heterocycles. The molecule has 3 rings (SSSR count). The lowest BCUT2D eigenvalue weighted by molar-refractivity contribution is -0.142. The molecule has 2 aromatic heterocycles. The van der Waals surface area contributed by atoms with E-state index in [0.29, 0.717) is 0 Å². The van der Waals surface area contributed by atoms with Crippen molar-refractivity contribution in [1.82, 2.24) is 29.7 Å². The number of nitrogens with two attached hydrogens (primary N) is 1. The van der Waals surface area contributed by atoms with Gasteiger partial charge in [0.1, 0.15) is 30.9 Å². The Balaban J connectivity index is 1.78. The molecule has 1 saturated heterocycles. The summed E-state index contributed by atoms with van der Waals surface area (Å²) >= 11 is 0. The highest BCUT2D eigenvalue weighted by Gasteiger charge is 2.54. The number of esters is 2. The second kappa shape index (κ2) is 12.3. The number of rotatable bonds is 13. The summed E-state index contributed by atoms with van der Waals surface area (Å²) in [6.07, 6.45) is -2.66. The molecule has 0 saturated carbocycles. The zero-order chi connectivity index (χ0) is 28.1. The number of nitrogens with zero attached hydrogens (tertiary/aromatic N) is 4. The molecule has 0 aromatic carbocycles. The molecule has 18 heteroatoms. The van der Waals surface area contributed by atoms with Gasteiger partial charge in [0, 0.05) is 0 Å². The predicted molar refractivity (Wildman–Crippen MR) is 130 cm³/mol. The molecule has 6 N–H and O–H groups in total. The minimum absolute atomic E-state index is 0.102. The number of imidazole rings is 1. The highest BCUT2D eigenvalue weighted by atomic mass is 31.2. The fourth-order valence-corrected chi connectivity index (χ4v) is 5.01. The van der Waals surface area contributed by atoms with Gasteiger partial charge in [-0.1, -0.05) is 0 Å². The molecular weight excluding hydrogens is 529 g/mol. The van der Waals surface area contributed by atoms with Crippen molar-refractivity contribution in [3.8, 4) is 5.88 Å². The first-order valence-corrected chi connectivity index (χ1v) is 13.2. The number of ether oxygens (including phenoxy) is 4. The third kappa shape index (κ3) is 6.55. The Morgan fingerprint density at radius 2 is 1.82 bits per heavy atom. The van der Waals surface area contributed by atoms with E-state index in [0.717, 1.165) is 0 Å². The summed E-state index contributed by atoms with van der Waals surface area (Å²) in [5.74, 6) is -1.43. The van der Waals surface area contributed by atoms with Crippen LogP contribution in [0.1, 0.15) is 27.0 Å². The van der Waals surface area contributed by atoms with Crippen molar-refractivity contribution >= 4 is 36.7 Å². The molecule has 1 aliphatic rings. The molecule has 0 spiro atoms. The van der Waals surface area contributed by atoms with Crippen LogP contribution < -0.4 is 20.6 Å². The Hall–Kier alpha value is -2.92. The van der Waals surface area contributed by atoms with Crippen molar-refractivity contribution in [2.45, 2.75) is 44.8 Å². The fraction of sp³-hybridized carbons (Fsp3) is 0.650. The lowest BCUT2D eigenvalue weighted by atomic mass is 9.96. The Morgan fingerprint density at radius 3 is 2.37 bits per heavy atom. The van der Waals surface area contributed by atoms with Gasteiger partial charge in [-0.15, -0.1) is 0 Å². The van der Waals surface area contributed by atoms with Gasteiger partial charge in [0.05, 0.1) is 33.3 Å². The van der Waals surface area contributed by atoms with E-state index in [4.69, 9.17) is 29.2 Å². The van der Waals surface area contributed by atoms with Gasteiger partial charge in [-0.05, 0) is 20.8 Å². The summed E-state index contributed by atoms with van der Waals surface area (Å²) in [6.45, 7) is 3.22. The van der Waals surface area contributed by atoms with Crippen LogP contribution in [0, 0.1) is 0 Å². The summed E-state index contributed by atoms with van der Waals surface area (Å²) in [7, 11) is -2.70. The minimum Gasteiger partial charge on any atom is -0.479 e. The number of hydrogen-bond donors (Lipinski definition) is 5. The lowest BCUT2D eigenvalue weighted by Gasteiger charge is -2.27. The summed E-state index contributed by atoms with van der Waals surface area (Å²) < 4.78 is 40.8. The standard InChI is InChI=1S/C20H32N7O10P/c1-5-34-12(28)7-23-38(32,24-8-13(29)35-6-2)36-9-11-15(30)20(3,31)18(37-11)27-10-22-14-16(27)25-19(21)26-17(14)33-4/h10-11,15,18,30-31H,5-9H2,1-4H3,(H2,21,25,26)(H2,23,24,32)/t11-,15?,18-,20+/m1/s1. The van der Waals surface area contributed by atoms with Crippen LogP contribution in [0.4, 0.5) is 5.95 Å². The second-order valence-corrected chi connectivity index (χ2v) is 10.2. The molecule has 212 valence electrons. The summed E-state index contributed by atoms with van der Waals surface area (Å²) in [6, 6.07) is 0. The minimum atomic E-state index is -4.08. The van der Waals surface area contributed by atoms with Gasteiger partial charge < -0.3 is 39.4 Å². The topological polar surface area (TPSA) is 232 Å². The number of aromatic nitrogens is 4. The number of nitrogen functional groups attached to an aromatic ring is 1. The average molecular weight is 561 g/mol. The Bertz CT molecular complexity index is 1170. The molecule has 17 nitrogen and oxygen atoms in total. The number of nitrogens with one attached hydrogen (secondary N) is 2. The van der Waals surface area contributed by atoms with Gasteiger partial charge in [-0.2, -0.15) is 9.97 Å². The average Bonchev–Trinajstić information content (AvgIpc) is 3.38. The Labute approximate surface area is 217 Å². The van der Waals surface area contributed by atoms with Gasteiger partial charge in [0.25, 0.3) is 0 Å². The maximum Gasteiger partial charge on any atom is 0.341 e. The molecule has 4 atom stereocenters. The van der Waals surface area contributed by atoms with Crippen LogP contribution in [0.5, 0.6) is 5.88 Å². The molecule has 38 heavy (non-hydrogen) atoms. The summed E-state index contributed by atoms with van der Waals surface area (Å²) in [5, 5.41) is 26.7. The number of aliphatic hydroxyl groups is 2. The van der Waals surface area contributed by atoms with Crippen molar-refractivity contribution in [3.05, 3.63) is 6.33 Å². The van der Waals surface area contributed by atoms with Crippen LogP contribution in [0.2, 0.25) is 0 Å². The van der Waals surface area contributed by atoms with Crippen LogP contribution in [0.25, 0.3) is 11.2 Å². The normalized spacial score (nSPS) is 23.5. The zero-order valence-corrected chi connectivity index (χ0v) is 22.2. The quantitative estimate of drug-likeness (QED) is 0.144. The van der Waals surface area contributed by atoms with Crippen LogP contribution in [-0.2, 0) is 32.9 Å². The Kier molecular flexibility index (Phi) is 9.59. The lowest BCUT2D eigenvalue weighted by Crippen LogP contribution is -2.44. The van der Waals surface area contributed by atoms with Gasteiger partial charge >= 0.3 is 19.6 Å². The SMILES string of the molecule is CCOC(=O)CNP(=O)(NCC(=O)OCC)OC[C@H]1O[C@@H](n2cnc3c(OC)nc(N)nc32)[C@@](C)(O)C1O. The molecule has 0 radical (unpaired) electrons. The molecule has 0 amide bonds. The monoisotopic (exact) mass is 561 g/mol. The fourth-order valence-electron chi connectivity index (χ4n) is 3.69. The first-order valence-electron chi connectivity index (χ1n) is 11.6. The largest absolute Gasteiger partial charge is 0.479 e. The zero-order valence-electron chi connectivity index (χ0n) is 21.3. The highest BCUT2D eigenvalue weighted by molar-refractivity contribution is 7.54. The second-order valence-electron chi connectivity index (χ2n) is 8.24. The number of methoxy groups -OCH3 is 1. The molecule has 0 bridgehead atoms. The van der Waals surface area contributed by atoms with Crippen molar-refractivity contribution in [2.24, 2.45) is 0 Å². The van der Waals surface area contributed by atoms with Gasteiger partial charge in [-0.25, -0.2) is 15.2 Å². The van der Waals surface area contributed by atoms with Crippen LogP contribution >= 0.6 is 7.67 Å². The highest BCUT2D eigenvalue weighted by Crippen LogP contribution is 2.43. The smallest absolute Gasteiger partial charge is 0.341 e. The van der Waals surface area contributed by atoms with Crippen LogP contribution in [0.15, 0.2) is 6.33 Å². The number of fused-ring (bicyclic) bond motifs is 1. The van der Waals surface area contributed by atoms with E-state index in [-0.39, 0.29) is 36.2 Å². The Morgan fingerprint density at radius 1 is 1.21 bits per heavy atom. The van der Waals surface area contributed by atoms with Crippen molar-refractivity contribution < 1.29 is 47.8 Å². The first kappa shape index (κ1) is 29.6. The molecule has 1 fully saturated rings. The maximum absolute atomic E-state index is 13.3. The molecule has 1 unspecified atom stereocenters. The summed E-state index contributed by atoms with van der Waals surface area (Å²) in [4.78, 5) is 35.8. The molecule has 3 heterocycles. The van der Waals surface area contributed by atoms with E-state index in [1.807, 2.05) is 0 Å². The van der Waals surface area contributed by atoms with Crippen LogP contribution in [0.3, 0.4) is 0 Å². The number of aliphatic hydroxyl groups excluding tert-OH is 1.